The van der Waals surface area contributed by atoms with Gasteiger partial charge in [0.15, 0.2) is 0 Å². The van der Waals surface area contributed by atoms with Gasteiger partial charge in [0.1, 0.15) is 11.6 Å². The second kappa shape index (κ2) is 3.83. The summed E-state index contributed by atoms with van der Waals surface area (Å²) in [6.45, 7) is 6.41. The predicted molar refractivity (Wildman–Crippen MR) is 44.2 cm³/mol. The lowest BCUT2D eigenvalue weighted by molar-refractivity contribution is 0.270. The van der Waals surface area contributed by atoms with Gasteiger partial charge in [0, 0.05) is 0 Å². The average Bonchev–Trinajstić information content (AvgIpc) is 2.01. The molecule has 0 radical (unpaired) electrons. The molecule has 0 aromatic rings. The molecule has 0 bridgehead atoms. The van der Waals surface area contributed by atoms with Crippen LogP contribution in [0.25, 0.3) is 0 Å². The Bertz CT molecular complexity index is 186. The SMILES string of the molecule is C=CC(N)P(=O)(O)C(O)C=C. The van der Waals surface area contributed by atoms with Crippen LogP contribution >= 0.6 is 7.37 Å². The van der Waals surface area contributed by atoms with Crippen molar-refractivity contribution in [1.29, 1.82) is 0 Å². The summed E-state index contributed by atoms with van der Waals surface area (Å²) in [6, 6.07) is 0. The molecular formula is C6H12NO3P. The van der Waals surface area contributed by atoms with Crippen molar-refractivity contribution < 1.29 is 14.6 Å². The molecule has 64 valence electrons. The van der Waals surface area contributed by atoms with Gasteiger partial charge >= 0.3 is 0 Å². The molecule has 0 heterocycles. The van der Waals surface area contributed by atoms with Crippen LogP contribution in [-0.2, 0) is 4.57 Å². The highest BCUT2D eigenvalue weighted by molar-refractivity contribution is 7.59. The number of hydrogen-bond donors (Lipinski definition) is 3. The summed E-state index contributed by atoms with van der Waals surface area (Å²) in [5, 5.41) is 8.93. The van der Waals surface area contributed by atoms with Crippen LogP contribution < -0.4 is 5.73 Å². The Hall–Kier alpha value is -0.410. The third kappa shape index (κ3) is 2.27. The first kappa shape index (κ1) is 10.6. The third-order valence-electron chi connectivity index (χ3n) is 1.26. The van der Waals surface area contributed by atoms with E-state index in [9.17, 15) is 4.57 Å². The van der Waals surface area contributed by atoms with Crippen LogP contribution in [0.15, 0.2) is 25.3 Å². The number of aliphatic hydroxyl groups excluding tert-OH is 1. The molecule has 5 heteroatoms. The van der Waals surface area contributed by atoms with E-state index in [0.29, 0.717) is 0 Å². The minimum absolute atomic E-state index is 0.976. The average molecular weight is 177 g/mol. The van der Waals surface area contributed by atoms with Crippen molar-refractivity contribution in [3.05, 3.63) is 25.3 Å². The molecule has 0 fully saturated rings. The Kier molecular flexibility index (Phi) is 3.69. The summed E-state index contributed by atoms with van der Waals surface area (Å²) < 4.78 is 11.1. The molecule has 0 aliphatic rings. The standard InChI is InChI=1S/C6H12NO3P/c1-3-5(7)11(9,10)6(8)4-2/h3-6,8H,1-2,7H2,(H,9,10). The molecule has 11 heavy (non-hydrogen) atoms. The van der Waals surface area contributed by atoms with Crippen LogP contribution in [0.1, 0.15) is 0 Å². The molecule has 0 aliphatic carbocycles. The number of nitrogens with two attached hydrogens (primary N) is 1. The molecule has 0 saturated carbocycles. The molecule has 0 saturated heterocycles. The van der Waals surface area contributed by atoms with Crippen molar-refractivity contribution in [3.63, 3.8) is 0 Å². The Labute approximate surface area is 65.5 Å². The lowest BCUT2D eigenvalue weighted by Crippen LogP contribution is -2.22. The van der Waals surface area contributed by atoms with E-state index in [2.05, 4.69) is 13.2 Å². The minimum atomic E-state index is -3.78. The Morgan fingerprint density at radius 1 is 1.45 bits per heavy atom. The molecular weight excluding hydrogens is 165 g/mol. The van der Waals surface area contributed by atoms with Crippen molar-refractivity contribution in [3.8, 4) is 0 Å². The van der Waals surface area contributed by atoms with Gasteiger partial charge in [-0.05, 0) is 0 Å². The van der Waals surface area contributed by atoms with Crippen LogP contribution in [0.4, 0.5) is 0 Å². The van der Waals surface area contributed by atoms with E-state index in [0.717, 1.165) is 12.2 Å². The molecule has 0 amide bonds. The quantitative estimate of drug-likeness (QED) is 0.424. The van der Waals surface area contributed by atoms with E-state index < -0.39 is 19.0 Å². The second-order valence-electron chi connectivity index (χ2n) is 2.05. The number of rotatable bonds is 4. The van der Waals surface area contributed by atoms with E-state index in [4.69, 9.17) is 15.7 Å². The third-order valence-corrected chi connectivity index (χ3v) is 3.29. The maximum atomic E-state index is 11.1. The van der Waals surface area contributed by atoms with Crippen LogP contribution in [-0.4, -0.2) is 21.6 Å². The zero-order valence-corrected chi connectivity index (χ0v) is 6.95. The summed E-state index contributed by atoms with van der Waals surface area (Å²) in [6.07, 6.45) is 2.09. The van der Waals surface area contributed by atoms with Gasteiger partial charge in [-0.25, -0.2) is 0 Å². The van der Waals surface area contributed by atoms with E-state index in [1.165, 1.54) is 0 Å². The second-order valence-corrected chi connectivity index (χ2v) is 4.52. The van der Waals surface area contributed by atoms with Crippen LogP contribution in [0.2, 0.25) is 0 Å². The van der Waals surface area contributed by atoms with Gasteiger partial charge in [-0.3, -0.25) is 4.57 Å². The fourth-order valence-corrected chi connectivity index (χ4v) is 1.44. The first-order chi connectivity index (χ1) is 4.96. The first-order valence-corrected chi connectivity index (χ1v) is 4.77. The van der Waals surface area contributed by atoms with Gasteiger partial charge in [0.25, 0.3) is 7.37 Å². The molecule has 3 unspecified atom stereocenters. The summed E-state index contributed by atoms with van der Waals surface area (Å²) >= 11 is 0. The molecule has 0 spiro atoms. The highest BCUT2D eigenvalue weighted by atomic mass is 31.2. The van der Waals surface area contributed by atoms with Gasteiger partial charge in [-0.1, -0.05) is 18.7 Å². The van der Waals surface area contributed by atoms with Crippen molar-refractivity contribution in [2.45, 2.75) is 11.6 Å². The van der Waals surface area contributed by atoms with E-state index in [-0.39, 0.29) is 0 Å². The zero-order valence-electron chi connectivity index (χ0n) is 6.05. The van der Waals surface area contributed by atoms with Gasteiger partial charge in [0.05, 0.1) is 0 Å². The zero-order chi connectivity index (χ0) is 9.07. The minimum Gasteiger partial charge on any atom is -0.379 e. The molecule has 0 aliphatic heterocycles. The highest BCUT2D eigenvalue weighted by Gasteiger charge is 2.31. The fourth-order valence-electron chi connectivity index (χ4n) is 0.478. The maximum Gasteiger partial charge on any atom is 0.251 e. The van der Waals surface area contributed by atoms with Crippen molar-refractivity contribution in [2.24, 2.45) is 5.73 Å². The van der Waals surface area contributed by atoms with E-state index >= 15 is 0 Å². The molecule has 0 rings (SSSR count). The normalized spacial score (nSPS) is 21.4. The summed E-state index contributed by atoms with van der Waals surface area (Å²) in [4.78, 5) is 9.09. The first-order valence-electron chi connectivity index (χ1n) is 2.97. The largest absolute Gasteiger partial charge is 0.379 e. The van der Waals surface area contributed by atoms with Gasteiger partial charge in [0.2, 0.25) is 0 Å². The topological polar surface area (TPSA) is 83.6 Å². The summed E-state index contributed by atoms with van der Waals surface area (Å²) in [5.41, 5.74) is 5.19. The fraction of sp³-hybridized carbons (Fsp3) is 0.333. The Morgan fingerprint density at radius 2 is 1.91 bits per heavy atom. The smallest absolute Gasteiger partial charge is 0.251 e. The van der Waals surface area contributed by atoms with Crippen LogP contribution in [0, 0.1) is 0 Å². The van der Waals surface area contributed by atoms with Crippen LogP contribution in [0.5, 0.6) is 0 Å². The van der Waals surface area contributed by atoms with Crippen molar-refractivity contribution in [1.82, 2.24) is 0 Å². The van der Waals surface area contributed by atoms with Gasteiger partial charge in [-0.15, -0.1) is 6.58 Å². The molecule has 0 aromatic carbocycles. The van der Waals surface area contributed by atoms with Crippen molar-refractivity contribution >= 4 is 7.37 Å². The Balaban J connectivity index is 4.57. The predicted octanol–water partition coefficient (Wildman–Crippen LogP) is 0.232. The van der Waals surface area contributed by atoms with E-state index in [1.54, 1.807) is 0 Å². The van der Waals surface area contributed by atoms with Gasteiger partial charge < -0.3 is 15.7 Å². The molecule has 0 aromatic heterocycles. The molecule has 3 atom stereocenters. The number of hydrogen-bond acceptors (Lipinski definition) is 3. The summed E-state index contributed by atoms with van der Waals surface area (Å²) in [7, 11) is -3.78. The van der Waals surface area contributed by atoms with Gasteiger partial charge in [-0.2, -0.15) is 0 Å². The lowest BCUT2D eigenvalue weighted by atomic mass is 10.6. The molecule has 4 N–H and O–H groups in total. The number of aliphatic hydroxyl groups is 1. The van der Waals surface area contributed by atoms with Crippen molar-refractivity contribution in [2.75, 3.05) is 0 Å². The lowest BCUT2D eigenvalue weighted by Gasteiger charge is -2.18. The highest BCUT2D eigenvalue weighted by Crippen LogP contribution is 2.48. The summed E-state index contributed by atoms with van der Waals surface area (Å²) in [5.74, 6) is -2.58. The van der Waals surface area contributed by atoms with E-state index in [1.807, 2.05) is 0 Å². The Morgan fingerprint density at radius 3 is 2.18 bits per heavy atom. The monoisotopic (exact) mass is 177 g/mol. The van der Waals surface area contributed by atoms with Crippen LogP contribution in [0.3, 0.4) is 0 Å². The maximum absolute atomic E-state index is 11.1. The molecule has 4 nitrogen and oxygen atoms in total.